The predicted molar refractivity (Wildman–Crippen MR) is 141 cm³/mol. The topological polar surface area (TPSA) is 146 Å². The molecule has 1 aliphatic rings. The highest BCUT2D eigenvalue weighted by molar-refractivity contribution is 6.05. The maximum Gasteiger partial charge on any atom is 0.333 e. The van der Waals surface area contributed by atoms with Gasteiger partial charge in [0.15, 0.2) is 5.69 Å². The van der Waals surface area contributed by atoms with E-state index in [2.05, 4.69) is 15.5 Å². The van der Waals surface area contributed by atoms with Crippen molar-refractivity contribution in [3.05, 3.63) is 53.6 Å². The number of fused-ring (bicyclic) bond motifs is 2. The molecule has 3 aromatic heterocycles. The fraction of sp³-hybridized carbons (Fsp3) is 0.407. The molecule has 1 saturated carbocycles. The number of primary amides is 1. The van der Waals surface area contributed by atoms with E-state index in [0.717, 1.165) is 6.20 Å². The van der Waals surface area contributed by atoms with Crippen molar-refractivity contribution in [2.24, 2.45) is 5.73 Å². The highest BCUT2D eigenvalue weighted by atomic mass is 19.3. The zero-order valence-corrected chi connectivity index (χ0v) is 22.3. The molecule has 0 saturated heterocycles. The quantitative estimate of drug-likeness (QED) is 0.277. The third-order valence-electron chi connectivity index (χ3n) is 6.77. The average molecular weight is 575 g/mol. The number of alkyl halides is 2. The van der Waals surface area contributed by atoms with Crippen LogP contribution in [0, 0.1) is 5.82 Å². The summed E-state index contributed by atoms with van der Waals surface area (Å²) in [4.78, 5) is 25.1. The van der Waals surface area contributed by atoms with Gasteiger partial charge in [0, 0.05) is 17.5 Å². The van der Waals surface area contributed by atoms with Crippen LogP contribution in [0.3, 0.4) is 0 Å². The Morgan fingerprint density at radius 1 is 1.15 bits per heavy atom. The van der Waals surface area contributed by atoms with Gasteiger partial charge in [0.2, 0.25) is 5.88 Å². The molecule has 1 aromatic carbocycles. The number of hydrogen-bond acceptors (Lipinski definition) is 7. The van der Waals surface area contributed by atoms with E-state index in [-0.39, 0.29) is 52.5 Å². The molecule has 0 aliphatic heterocycles. The lowest BCUT2D eigenvalue weighted by Crippen LogP contribution is -2.40. The maximum atomic E-state index is 13.7. The van der Waals surface area contributed by atoms with Crippen LogP contribution in [0.2, 0.25) is 0 Å². The third kappa shape index (κ3) is 6.06. The highest BCUT2D eigenvalue weighted by Crippen LogP contribution is 2.30. The number of nitrogens with zero attached hydrogens (tertiary/aromatic N) is 4. The number of pyridine rings is 1. The molecule has 4 aromatic rings. The van der Waals surface area contributed by atoms with Gasteiger partial charge in [-0.05, 0) is 63.8 Å². The number of nitrogens with one attached hydrogen (secondary N) is 1. The molecule has 1 aliphatic carbocycles. The maximum absolute atomic E-state index is 13.7. The van der Waals surface area contributed by atoms with E-state index >= 15 is 0 Å². The van der Waals surface area contributed by atoms with E-state index in [4.69, 9.17) is 15.2 Å². The fourth-order valence-corrected chi connectivity index (χ4v) is 4.84. The molecule has 0 radical (unpaired) electrons. The van der Waals surface area contributed by atoms with Crippen molar-refractivity contribution >= 4 is 28.2 Å². The molecule has 14 heteroatoms. The van der Waals surface area contributed by atoms with Crippen molar-refractivity contribution in [2.75, 3.05) is 6.61 Å². The van der Waals surface area contributed by atoms with Crippen LogP contribution in [0.1, 0.15) is 66.9 Å². The Labute approximate surface area is 232 Å². The summed E-state index contributed by atoms with van der Waals surface area (Å²) in [6.07, 6.45) is 2.79. The van der Waals surface area contributed by atoms with Gasteiger partial charge in [0.05, 0.1) is 22.8 Å². The van der Waals surface area contributed by atoms with E-state index in [0.29, 0.717) is 35.9 Å². The van der Waals surface area contributed by atoms with Crippen LogP contribution in [0.4, 0.5) is 13.2 Å². The van der Waals surface area contributed by atoms with Crippen LogP contribution in [-0.2, 0) is 0 Å². The van der Waals surface area contributed by atoms with Gasteiger partial charge in [-0.1, -0.05) is 0 Å². The Kier molecular flexibility index (Phi) is 7.51. The Hall–Kier alpha value is -4.33. The standard InChI is InChI=1S/C27H29F3N6O5/c1-27(2,39)13-40-17-8-9-18-20(11-17)36(26(29)30)33-22(18)24(38)32-15-4-6-16(7-5-15)41-25-21(23(31)37)19-10-3-14(28)12-35(19)34-25/h3,8-12,15-16,26,39H,4-7,13H2,1-2H3,(H2,31,37)(H,32,38)/t15-,16-. The van der Waals surface area contributed by atoms with Gasteiger partial charge in [0.1, 0.15) is 29.8 Å². The van der Waals surface area contributed by atoms with Crippen molar-refractivity contribution < 1.29 is 37.3 Å². The van der Waals surface area contributed by atoms with E-state index in [9.17, 15) is 27.9 Å². The molecule has 5 rings (SSSR count). The molecule has 2 amide bonds. The Bertz CT molecular complexity index is 1600. The van der Waals surface area contributed by atoms with Crippen molar-refractivity contribution in [1.29, 1.82) is 0 Å². The van der Waals surface area contributed by atoms with Gasteiger partial charge in [0.25, 0.3) is 11.8 Å². The van der Waals surface area contributed by atoms with Crippen molar-refractivity contribution in [1.82, 2.24) is 24.7 Å². The van der Waals surface area contributed by atoms with Gasteiger partial charge in [-0.15, -0.1) is 5.10 Å². The Morgan fingerprint density at radius 3 is 2.54 bits per heavy atom. The normalized spacial score (nSPS) is 17.7. The molecule has 41 heavy (non-hydrogen) atoms. The molecule has 0 atom stereocenters. The lowest BCUT2D eigenvalue weighted by atomic mass is 9.92. The van der Waals surface area contributed by atoms with Gasteiger partial charge < -0.3 is 25.6 Å². The van der Waals surface area contributed by atoms with E-state index in [1.807, 2.05) is 0 Å². The second-order valence-corrected chi connectivity index (χ2v) is 10.6. The number of rotatable bonds is 9. The van der Waals surface area contributed by atoms with Crippen LogP contribution >= 0.6 is 0 Å². The smallest absolute Gasteiger partial charge is 0.333 e. The predicted octanol–water partition coefficient (Wildman–Crippen LogP) is 3.59. The monoisotopic (exact) mass is 574 g/mol. The molecule has 0 spiro atoms. The molecule has 11 nitrogen and oxygen atoms in total. The largest absolute Gasteiger partial charge is 0.491 e. The molecule has 0 bridgehead atoms. The van der Waals surface area contributed by atoms with Crippen LogP contribution in [-0.4, -0.2) is 60.7 Å². The SMILES string of the molecule is CC(C)(O)COc1ccc2c(C(=O)N[C@H]3CC[C@H](Oc4nn5cc(F)ccc5c4C(N)=O)CC3)nn(C(F)F)c2c1. The Morgan fingerprint density at radius 2 is 1.88 bits per heavy atom. The van der Waals surface area contributed by atoms with Crippen LogP contribution in [0.25, 0.3) is 16.4 Å². The second-order valence-electron chi connectivity index (χ2n) is 10.6. The average Bonchev–Trinajstić information content (AvgIpc) is 3.46. The molecule has 0 unspecified atom stereocenters. The van der Waals surface area contributed by atoms with Crippen LogP contribution in [0.15, 0.2) is 36.5 Å². The van der Waals surface area contributed by atoms with E-state index < -0.39 is 29.8 Å². The number of nitrogens with two attached hydrogens (primary N) is 1. The number of carbonyl (C=O) groups excluding carboxylic acids is 2. The minimum atomic E-state index is -2.99. The van der Waals surface area contributed by atoms with Gasteiger partial charge >= 0.3 is 6.55 Å². The summed E-state index contributed by atoms with van der Waals surface area (Å²) in [6, 6.07) is 6.68. The lowest BCUT2D eigenvalue weighted by Gasteiger charge is -2.28. The Balaban J connectivity index is 1.25. The summed E-state index contributed by atoms with van der Waals surface area (Å²) in [5.74, 6) is -1.63. The number of aliphatic hydroxyl groups is 1. The zero-order valence-electron chi connectivity index (χ0n) is 22.3. The van der Waals surface area contributed by atoms with Crippen molar-refractivity contribution in [3.63, 3.8) is 0 Å². The summed E-state index contributed by atoms with van der Waals surface area (Å²) in [5, 5.41) is 21.0. The molecule has 3 heterocycles. The first-order valence-corrected chi connectivity index (χ1v) is 13.0. The lowest BCUT2D eigenvalue weighted by molar-refractivity contribution is 0.0284. The number of benzene rings is 1. The minimum absolute atomic E-state index is 0.00509. The number of amides is 2. The molecular formula is C27H29F3N6O5. The number of aromatic nitrogens is 4. The van der Waals surface area contributed by atoms with Crippen molar-refractivity contribution in [2.45, 2.75) is 63.8 Å². The second kappa shape index (κ2) is 10.9. The first-order chi connectivity index (χ1) is 19.4. The van der Waals surface area contributed by atoms with E-state index in [1.54, 1.807) is 13.8 Å². The summed E-state index contributed by atoms with van der Waals surface area (Å²) in [6.45, 7) is 0.0619. The number of ether oxygens (including phenoxy) is 2. The van der Waals surface area contributed by atoms with Crippen LogP contribution < -0.4 is 20.5 Å². The van der Waals surface area contributed by atoms with Gasteiger partial charge in [-0.25, -0.2) is 13.6 Å². The minimum Gasteiger partial charge on any atom is -0.491 e. The first-order valence-electron chi connectivity index (χ1n) is 13.0. The van der Waals surface area contributed by atoms with Gasteiger partial charge in [-0.2, -0.15) is 13.9 Å². The van der Waals surface area contributed by atoms with Crippen LogP contribution in [0.5, 0.6) is 11.6 Å². The fourth-order valence-electron chi connectivity index (χ4n) is 4.84. The number of hydrogen-bond donors (Lipinski definition) is 3. The van der Waals surface area contributed by atoms with Crippen molar-refractivity contribution in [3.8, 4) is 11.6 Å². The summed E-state index contributed by atoms with van der Waals surface area (Å²) >= 11 is 0. The molecular weight excluding hydrogens is 545 g/mol. The zero-order chi connectivity index (χ0) is 29.5. The van der Waals surface area contributed by atoms with E-state index in [1.165, 1.54) is 34.8 Å². The summed E-state index contributed by atoms with van der Waals surface area (Å²) in [7, 11) is 0. The third-order valence-corrected chi connectivity index (χ3v) is 6.77. The molecule has 4 N–H and O–H groups in total. The number of carbonyl (C=O) groups is 2. The molecule has 1 fully saturated rings. The van der Waals surface area contributed by atoms with Gasteiger partial charge in [-0.3, -0.25) is 9.59 Å². The summed E-state index contributed by atoms with van der Waals surface area (Å²) in [5.41, 5.74) is 4.64. The summed E-state index contributed by atoms with van der Waals surface area (Å²) < 4.78 is 54.2. The molecule has 218 valence electrons. The number of halogens is 3. The first kappa shape index (κ1) is 28.2. The highest BCUT2D eigenvalue weighted by Gasteiger charge is 2.29.